The van der Waals surface area contributed by atoms with Crippen molar-refractivity contribution in [3.05, 3.63) is 0 Å². The van der Waals surface area contributed by atoms with E-state index in [2.05, 4.69) is 17.3 Å². The van der Waals surface area contributed by atoms with Crippen LogP contribution in [0.4, 0.5) is 0 Å². The lowest BCUT2D eigenvalue weighted by Crippen LogP contribution is -2.45. The summed E-state index contributed by atoms with van der Waals surface area (Å²) in [5.41, 5.74) is 0. The summed E-state index contributed by atoms with van der Waals surface area (Å²) in [6.45, 7) is 3.12. The van der Waals surface area contributed by atoms with Gasteiger partial charge in [-0.1, -0.05) is 0 Å². The number of nitrogens with zero attached hydrogens (tertiary/aromatic N) is 1. The van der Waals surface area contributed by atoms with E-state index < -0.39 is 0 Å². The van der Waals surface area contributed by atoms with Gasteiger partial charge in [-0.05, 0) is 58.0 Å². The first kappa shape index (κ1) is 11.9. The van der Waals surface area contributed by atoms with Crippen LogP contribution in [0.15, 0.2) is 0 Å². The van der Waals surface area contributed by atoms with Gasteiger partial charge in [0.1, 0.15) is 0 Å². The zero-order chi connectivity index (χ0) is 11.7. The molecule has 3 fully saturated rings. The molecule has 3 heterocycles. The van der Waals surface area contributed by atoms with Crippen molar-refractivity contribution < 1.29 is 4.74 Å². The van der Waals surface area contributed by atoms with Gasteiger partial charge in [0, 0.05) is 24.7 Å². The standard InChI is InChI=1S/C14H26N2O/c1-16-13-4-5-14(16)8-11(7-13)9-15-12-3-2-6-17-10-12/h11-15H,2-10H2,1H3. The Morgan fingerprint density at radius 3 is 2.59 bits per heavy atom. The third-order valence-corrected chi connectivity index (χ3v) is 5.05. The summed E-state index contributed by atoms with van der Waals surface area (Å²) in [7, 11) is 2.32. The van der Waals surface area contributed by atoms with E-state index in [-0.39, 0.29) is 0 Å². The van der Waals surface area contributed by atoms with E-state index >= 15 is 0 Å². The fourth-order valence-electron chi connectivity index (χ4n) is 3.93. The molecule has 17 heavy (non-hydrogen) atoms. The number of piperidine rings is 1. The van der Waals surface area contributed by atoms with Crippen LogP contribution >= 0.6 is 0 Å². The van der Waals surface area contributed by atoms with Gasteiger partial charge in [-0.2, -0.15) is 0 Å². The third kappa shape index (κ3) is 2.67. The van der Waals surface area contributed by atoms with E-state index in [4.69, 9.17) is 4.74 Å². The van der Waals surface area contributed by atoms with Crippen LogP contribution in [0.3, 0.4) is 0 Å². The minimum absolute atomic E-state index is 0.626. The number of rotatable bonds is 3. The highest BCUT2D eigenvalue weighted by atomic mass is 16.5. The van der Waals surface area contributed by atoms with Gasteiger partial charge in [0.2, 0.25) is 0 Å². The molecule has 0 aromatic carbocycles. The maximum Gasteiger partial charge on any atom is 0.0619 e. The quantitative estimate of drug-likeness (QED) is 0.809. The molecule has 3 heteroatoms. The molecule has 3 atom stereocenters. The SMILES string of the molecule is CN1C2CCC1CC(CNC1CCCOC1)C2. The summed E-state index contributed by atoms with van der Waals surface area (Å²) >= 11 is 0. The molecule has 3 nitrogen and oxygen atoms in total. The van der Waals surface area contributed by atoms with Crippen LogP contribution in [0.25, 0.3) is 0 Å². The van der Waals surface area contributed by atoms with Gasteiger partial charge in [-0.15, -0.1) is 0 Å². The summed E-state index contributed by atoms with van der Waals surface area (Å²) in [4.78, 5) is 2.63. The normalized spacial score (nSPS) is 42.9. The summed E-state index contributed by atoms with van der Waals surface area (Å²) in [5.74, 6) is 0.908. The number of ether oxygens (including phenoxy) is 1. The molecule has 0 aromatic heterocycles. The molecule has 0 aliphatic carbocycles. The Morgan fingerprint density at radius 2 is 1.94 bits per heavy atom. The molecule has 3 saturated heterocycles. The van der Waals surface area contributed by atoms with Crippen molar-refractivity contribution in [2.24, 2.45) is 5.92 Å². The number of hydrogen-bond donors (Lipinski definition) is 1. The lowest BCUT2D eigenvalue weighted by Gasteiger charge is -2.37. The van der Waals surface area contributed by atoms with Crippen LogP contribution in [0, 0.1) is 5.92 Å². The Bertz CT molecular complexity index is 239. The lowest BCUT2D eigenvalue weighted by molar-refractivity contribution is 0.0650. The van der Waals surface area contributed by atoms with Crippen LogP contribution in [-0.4, -0.2) is 49.8 Å². The molecule has 1 N–H and O–H groups in total. The molecule has 0 saturated carbocycles. The van der Waals surface area contributed by atoms with Gasteiger partial charge in [-0.25, -0.2) is 0 Å². The highest BCUT2D eigenvalue weighted by Gasteiger charge is 2.38. The van der Waals surface area contributed by atoms with Crippen LogP contribution in [-0.2, 0) is 4.74 Å². The second-order valence-corrected chi connectivity index (χ2v) is 6.21. The van der Waals surface area contributed by atoms with E-state index in [1.54, 1.807) is 0 Å². The molecule has 3 rings (SSSR count). The van der Waals surface area contributed by atoms with Gasteiger partial charge in [0.25, 0.3) is 0 Å². The maximum absolute atomic E-state index is 5.52. The van der Waals surface area contributed by atoms with Crippen molar-refractivity contribution in [1.82, 2.24) is 10.2 Å². The first-order valence-corrected chi connectivity index (χ1v) is 7.36. The zero-order valence-electron chi connectivity index (χ0n) is 11.0. The first-order valence-electron chi connectivity index (χ1n) is 7.36. The predicted molar refractivity (Wildman–Crippen MR) is 69.1 cm³/mol. The van der Waals surface area contributed by atoms with Crippen molar-refractivity contribution in [2.45, 2.75) is 56.7 Å². The monoisotopic (exact) mass is 238 g/mol. The first-order chi connectivity index (χ1) is 8.33. The molecule has 3 aliphatic heterocycles. The smallest absolute Gasteiger partial charge is 0.0619 e. The van der Waals surface area contributed by atoms with Crippen LogP contribution in [0.2, 0.25) is 0 Å². The van der Waals surface area contributed by atoms with E-state index in [1.165, 1.54) is 45.1 Å². The Balaban J connectivity index is 1.44. The molecular weight excluding hydrogens is 212 g/mol. The number of fused-ring (bicyclic) bond motifs is 2. The minimum atomic E-state index is 0.626. The minimum Gasteiger partial charge on any atom is -0.380 e. The molecule has 3 unspecified atom stereocenters. The molecule has 0 aromatic rings. The molecule has 0 radical (unpaired) electrons. The summed E-state index contributed by atoms with van der Waals surface area (Å²) in [6, 6.07) is 2.38. The average molecular weight is 238 g/mol. The Morgan fingerprint density at radius 1 is 1.18 bits per heavy atom. The Hall–Kier alpha value is -0.120. The topological polar surface area (TPSA) is 24.5 Å². The molecular formula is C14H26N2O. The molecule has 0 amide bonds. The van der Waals surface area contributed by atoms with Crippen LogP contribution in [0.1, 0.15) is 38.5 Å². The summed E-state index contributed by atoms with van der Waals surface area (Å²) < 4.78 is 5.52. The number of nitrogens with one attached hydrogen (secondary N) is 1. The van der Waals surface area contributed by atoms with E-state index in [0.29, 0.717) is 6.04 Å². The van der Waals surface area contributed by atoms with Gasteiger partial charge in [0.15, 0.2) is 0 Å². The van der Waals surface area contributed by atoms with E-state index in [0.717, 1.165) is 31.2 Å². The lowest BCUT2D eigenvalue weighted by atomic mass is 9.90. The molecule has 0 spiro atoms. The van der Waals surface area contributed by atoms with Crippen molar-refractivity contribution >= 4 is 0 Å². The van der Waals surface area contributed by atoms with E-state index in [9.17, 15) is 0 Å². The van der Waals surface area contributed by atoms with Crippen molar-refractivity contribution in [2.75, 3.05) is 26.8 Å². The molecule has 98 valence electrons. The summed E-state index contributed by atoms with van der Waals surface area (Å²) in [5, 5.41) is 3.73. The predicted octanol–water partition coefficient (Wildman–Crippen LogP) is 1.63. The van der Waals surface area contributed by atoms with Gasteiger partial charge in [0.05, 0.1) is 6.61 Å². The second kappa shape index (κ2) is 5.25. The van der Waals surface area contributed by atoms with Crippen molar-refractivity contribution in [3.8, 4) is 0 Å². The maximum atomic E-state index is 5.52. The molecule has 2 bridgehead atoms. The van der Waals surface area contributed by atoms with Crippen LogP contribution in [0.5, 0.6) is 0 Å². The Kier molecular flexibility index (Phi) is 3.69. The van der Waals surface area contributed by atoms with Crippen LogP contribution < -0.4 is 5.32 Å². The summed E-state index contributed by atoms with van der Waals surface area (Å²) in [6.07, 6.45) is 8.23. The Labute approximate surface area is 105 Å². The van der Waals surface area contributed by atoms with Crippen molar-refractivity contribution in [1.29, 1.82) is 0 Å². The van der Waals surface area contributed by atoms with E-state index in [1.807, 2.05) is 0 Å². The largest absolute Gasteiger partial charge is 0.380 e. The highest BCUT2D eigenvalue weighted by molar-refractivity contribution is 4.94. The fourth-order valence-corrected chi connectivity index (χ4v) is 3.93. The molecule has 3 aliphatic rings. The van der Waals surface area contributed by atoms with Gasteiger partial charge < -0.3 is 15.0 Å². The van der Waals surface area contributed by atoms with Gasteiger partial charge >= 0.3 is 0 Å². The zero-order valence-corrected chi connectivity index (χ0v) is 11.0. The second-order valence-electron chi connectivity index (χ2n) is 6.21. The van der Waals surface area contributed by atoms with Gasteiger partial charge in [-0.3, -0.25) is 0 Å². The highest BCUT2D eigenvalue weighted by Crippen LogP contribution is 2.37. The average Bonchev–Trinajstić information content (AvgIpc) is 2.61. The number of hydrogen-bond acceptors (Lipinski definition) is 3. The fraction of sp³-hybridized carbons (Fsp3) is 1.00. The van der Waals surface area contributed by atoms with Crippen molar-refractivity contribution in [3.63, 3.8) is 0 Å². The third-order valence-electron chi connectivity index (χ3n) is 5.05.